The fourth-order valence-electron chi connectivity index (χ4n) is 1.20. The molecule has 0 spiro atoms. The predicted molar refractivity (Wildman–Crippen MR) is 52.7 cm³/mol. The number of nitrogens with zero attached hydrogens (tertiary/aromatic N) is 3. The highest BCUT2D eigenvalue weighted by Gasteiger charge is 2.04. The zero-order valence-electron chi connectivity index (χ0n) is 8.24. The molecule has 2 N–H and O–H groups in total. The van der Waals surface area contributed by atoms with E-state index in [9.17, 15) is 8.78 Å². The number of rotatable bonds is 4. The van der Waals surface area contributed by atoms with Gasteiger partial charge in [0.15, 0.2) is 11.6 Å². The molecule has 0 saturated carbocycles. The van der Waals surface area contributed by atoms with Crippen LogP contribution in [0.15, 0.2) is 18.6 Å². The maximum absolute atomic E-state index is 13.1. The number of H-pyrrole nitrogens is 1. The molecule has 84 valence electrons. The van der Waals surface area contributed by atoms with Crippen molar-refractivity contribution in [3.63, 3.8) is 0 Å². The Balaban J connectivity index is 1.90. The zero-order valence-corrected chi connectivity index (χ0v) is 8.24. The van der Waals surface area contributed by atoms with Crippen LogP contribution < -0.4 is 5.32 Å². The molecule has 0 aliphatic heterocycles. The normalized spacial score (nSPS) is 10.4. The lowest BCUT2D eigenvalue weighted by Gasteiger charge is -2.04. The van der Waals surface area contributed by atoms with E-state index in [0.29, 0.717) is 18.8 Å². The van der Waals surface area contributed by atoms with Crippen LogP contribution in [0.5, 0.6) is 0 Å². The first-order valence-electron chi connectivity index (χ1n) is 4.65. The summed E-state index contributed by atoms with van der Waals surface area (Å²) in [5.74, 6) is -0.688. The van der Waals surface area contributed by atoms with Crippen LogP contribution >= 0.6 is 0 Å². The van der Waals surface area contributed by atoms with E-state index in [1.807, 2.05) is 0 Å². The molecule has 0 saturated heterocycles. The van der Waals surface area contributed by atoms with Gasteiger partial charge in [0.1, 0.15) is 18.0 Å². The van der Waals surface area contributed by atoms with Crippen LogP contribution in [0.25, 0.3) is 0 Å². The number of nitrogens with one attached hydrogen (secondary N) is 2. The van der Waals surface area contributed by atoms with E-state index in [-0.39, 0.29) is 5.82 Å². The fraction of sp³-hybridized carbons (Fsp3) is 0.222. The van der Waals surface area contributed by atoms with Gasteiger partial charge in [-0.05, 0) is 0 Å². The molecular weight excluding hydrogens is 216 g/mol. The molecule has 2 heterocycles. The topological polar surface area (TPSA) is 66.5 Å². The van der Waals surface area contributed by atoms with Gasteiger partial charge in [0.2, 0.25) is 0 Å². The molecule has 5 nitrogen and oxygen atoms in total. The molecule has 2 aromatic heterocycles. The molecule has 0 radical (unpaired) electrons. The summed E-state index contributed by atoms with van der Waals surface area (Å²) in [4.78, 5) is 7.49. The van der Waals surface area contributed by atoms with Crippen LogP contribution in [0.2, 0.25) is 0 Å². The third-order valence-corrected chi connectivity index (χ3v) is 1.93. The van der Waals surface area contributed by atoms with Crippen molar-refractivity contribution in [2.75, 3.05) is 11.9 Å². The third kappa shape index (κ3) is 2.50. The molecule has 0 unspecified atom stereocenters. The van der Waals surface area contributed by atoms with E-state index in [0.717, 1.165) is 12.3 Å². The number of aromatic nitrogens is 4. The molecule has 0 aromatic carbocycles. The van der Waals surface area contributed by atoms with Gasteiger partial charge in [0.05, 0.1) is 6.20 Å². The van der Waals surface area contributed by atoms with Gasteiger partial charge < -0.3 is 5.32 Å². The Labute approximate surface area is 89.9 Å². The summed E-state index contributed by atoms with van der Waals surface area (Å²) in [5.41, 5.74) is 0. The Kier molecular flexibility index (Phi) is 3.04. The average Bonchev–Trinajstić information content (AvgIpc) is 2.74. The first-order valence-corrected chi connectivity index (χ1v) is 4.65. The van der Waals surface area contributed by atoms with E-state index in [4.69, 9.17) is 0 Å². The highest BCUT2D eigenvalue weighted by atomic mass is 19.1. The van der Waals surface area contributed by atoms with Crippen LogP contribution in [0.3, 0.4) is 0 Å². The van der Waals surface area contributed by atoms with E-state index in [1.165, 1.54) is 6.33 Å². The van der Waals surface area contributed by atoms with Crippen molar-refractivity contribution in [2.45, 2.75) is 6.42 Å². The molecule has 2 aromatic rings. The predicted octanol–water partition coefficient (Wildman–Crippen LogP) is 1.13. The Morgan fingerprint density at radius 1 is 1.31 bits per heavy atom. The van der Waals surface area contributed by atoms with Gasteiger partial charge in [0, 0.05) is 19.0 Å². The van der Waals surface area contributed by atoms with Crippen LogP contribution in [0, 0.1) is 11.6 Å². The maximum atomic E-state index is 13.1. The largest absolute Gasteiger partial charge is 0.367 e. The molecule has 2 rings (SSSR count). The van der Waals surface area contributed by atoms with Crippen molar-refractivity contribution < 1.29 is 8.78 Å². The van der Waals surface area contributed by atoms with Crippen molar-refractivity contribution in [1.82, 2.24) is 20.2 Å². The molecule has 7 heteroatoms. The lowest BCUT2D eigenvalue weighted by Crippen LogP contribution is -2.09. The summed E-state index contributed by atoms with van der Waals surface area (Å²) >= 11 is 0. The molecule has 0 aliphatic rings. The average molecular weight is 225 g/mol. The monoisotopic (exact) mass is 225 g/mol. The van der Waals surface area contributed by atoms with E-state index in [1.54, 1.807) is 0 Å². The first-order chi connectivity index (χ1) is 7.75. The fourth-order valence-corrected chi connectivity index (χ4v) is 1.20. The van der Waals surface area contributed by atoms with Gasteiger partial charge >= 0.3 is 0 Å². The summed E-state index contributed by atoms with van der Waals surface area (Å²) in [6.07, 6.45) is 2.91. The number of pyridine rings is 1. The minimum atomic E-state index is -0.711. The summed E-state index contributed by atoms with van der Waals surface area (Å²) in [6, 6.07) is 0.782. The quantitative estimate of drug-likeness (QED) is 0.818. The second-order valence-corrected chi connectivity index (χ2v) is 3.09. The van der Waals surface area contributed by atoms with Crippen LogP contribution in [0.4, 0.5) is 14.6 Å². The molecule has 0 amide bonds. The zero-order chi connectivity index (χ0) is 11.4. The molecule has 0 atom stereocenters. The second-order valence-electron chi connectivity index (χ2n) is 3.09. The molecule has 0 bridgehead atoms. The minimum Gasteiger partial charge on any atom is -0.367 e. The molecular formula is C9H9F2N5. The van der Waals surface area contributed by atoms with Crippen molar-refractivity contribution in [1.29, 1.82) is 0 Å². The van der Waals surface area contributed by atoms with E-state index >= 15 is 0 Å². The number of anilines is 1. The van der Waals surface area contributed by atoms with Gasteiger partial charge in [0.25, 0.3) is 0 Å². The van der Waals surface area contributed by atoms with E-state index in [2.05, 4.69) is 25.5 Å². The summed E-state index contributed by atoms with van der Waals surface area (Å²) in [5, 5.41) is 9.08. The Morgan fingerprint density at radius 2 is 2.19 bits per heavy atom. The van der Waals surface area contributed by atoms with E-state index < -0.39 is 11.6 Å². The Bertz CT molecular complexity index is 457. The number of hydrogen-bond donors (Lipinski definition) is 2. The highest BCUT2D eigenvalue weighted by Crippen LogP contribution is 2.10. The van der Waals surface area contributed by atoms with Gasteiger partial charge in [-0.25, -0.2) is 18.7 Å². The van der Waals surface area contributed by atoms with Gasteiger partial charge in [-0.3, -0.25) is 5.10 Å². The van der Waals surface area contributed by atoms with Crippen LogP contribution in [-0.2, 0) is 6.42 Å². The van der Waals surface area contributed by atoms with Crippen molar-refractivity contribution in [2.24, 2.45) is 0 Å². The summed E-state index contributed by atoms with van der Waals surface area (Å²) < 4.78 is 25.7. The lowest BCUT2D eigenvalue weighted by molar-refractivity contribution is 0.575. The lowest BCUT2D eigenvalue weighted by atomic mass is 10.4. The number of halogens is 2. The van der Waals surface area contributed by atoms with Gasteiger partial charge in [-0.1, -0.05) is 0 Å². The molecule has 0 fully saturated rings. The maximum Gasteiger partial charge on any atom is 0.168 e. The Morgan fingerprint density at radius 3 is 2.88 bits per heavy atom. The SMILES string of the molecule is Fc1cnc(NCCc2ncn[nH]2)c(F)c1. The van der Waals surface area contributed by atoms with Crippen molar-refractivity contribution in [3.05, 3.63) is 36.0 Å². The van der Waals surface area contributed by atoms with Crippen LogP contribution in [0.1, 0.15) is 5.82 Å². The number of aromatic amines is 1. The molecule has 16 heavy (non-hydrogen) atoms. The molecule has 0 aliphatic carbocycles. The van der Waals surface area contributed by atoms with Crippen LogP contribution in [-0.4, -0.2) is 26.7 Å². The number of hydrogen-bond acceptors (Lipinski definition) is 4. The minimum absolute atomic E-state index is 0.0286. The first kappa shape index (κ1) is 10.5. The second kappa shape index (κ2) is 4.65. The smallest absolute Gasteiger partial charge is 0.168 e. The Hall–Kier alpha value is -2.05. The standard InChI is InChI=1S/C9H9F2N5/c10-6-3-7(11)9(13-4-6)12-2-1-8-14-5-15-16-8/h3-5H,1-2H2,(H,12,13)(H,14,15,16). The summed E-state index contributed by atoms with van der Waals surface area (Å²) in [6.45, 7) is 0.435. The van der Waals surface area contributed by atoms with Gasteiger partial charge in [-0.2, -0.15) is 5.10 Å². The van der Waals surface area contributed by atoms with Gasteiger partial charge in [-0.15, -0.1) is 0 Å². The van der Waals surface area contributed by atoms with Crippen molar-refractivity contribution >= 4 is 5.82 Å². The third-order valence-electron chi connectivity index (χ3n) is 1.93. The highest BCUT2D eigenvalue weighted by molar-refractivity contribution is 5.35. The summed E-state index contributed by atoms with van der Waals surface area (Å²) in [7, 11) is 0. The van der Waals surface area contributed by atoms with Crippen molar-refractivity contribution in [3.8, 4) is 0 Å².